The highest BCUT2D eigenvalue weighted by Gasteiger charge is 2.29. The average molecular weight is 256 g/mol. The largest absolute Gasteiger partial charge is 0.456 e. The van der Waals surface area contributed by atoms with Crippen molar-refractivity contribution in [2.24, 2.45) is 5.92 Å². The second-order valence-corrected chi connectivity index (χ2v) is 5.21. The summed E-state index contributed by atoms with van der Waals surface area (Å²) in [5.41, 5.74) is 0. The summed E-state index contributed by atoms with van der Waals surface area (Å²) < 4.78 is 5.48. The van der Waals surface area contributed by atoms with Crippen molar-refractivity contribution in [2.45, 2.75) is 32.1 Å². The maximum atomic E-state index is 12.2. The number of piperidine rings is 1. The molecule has 17 heavy (non-hydrogen) atoms. The van der Waals surface area contributed by atoms with Gasteiger partial charge in [0.2, 0.25) is 0 Å². The van der Waals surface area contributed by atoms with Crippen molar-refractivity contribution >= 4 is 17.5 Å². The Morgan fingerprint density at radius 1 is 1.59 bits per heavy atom. The second-order valence-electron chi connectivity index (χ2n) is 4.65. The molecule has 0 radical (unpaired) electrons. The van der Waals surface area contributed by atoms with Crippen LogP contribution in [0, 0.1) is 5.92 Å². The molecule has 0 aliphatic carbocycles. The van der Waals surface area contributed by atoms with E-state index in [1.54, 1.807) is 11.0 Å². The van der Waals surface area contributed by atoms with E-state index in [2.05, 4.69) is 6.92 Å². The Labute approximate surface area is 107 Å². The summed E-state index contributed by atoms with van der Waals surface area (Å²) in [5, 5.41) is 0.0494. The molecular weight excluding hydrogens is 238 g/mol. The Hall–Kier alpha value is -0.960. The third-order valence-corrected chi connectivity index (χ3v) is 3.94. The molecule has 1 fully saturated rings. The predicted octanol–water partition coefficient (Wildman–Crippen LogP) is 2.93. The van der Waals surface area contributed by atoms with Crippen LogP contribution in [0.2, 0.25) is 0 Å². The Morgan fingerprint density at radius 2 is 2.35 bits per heavy atom. The van der Waals surface area contributed by atoms with Gasteiger partial charge in [-0.1, -0.05) is 13.8 Å². The molecular formula is C13H18ClNO2. The standard InChI is InChI=1S/C13H18ClNO2/c1-3-10-4-5-12(17-10)13(16)15-7-6-9(2)11(14)8-15/h4-5,9,11H,3,6-8H2,1-2H3. The molecule has 0 aromatic carbocycles. The summed E-state index contributed by atoms with van der Waals surface area (Å²) in [6.45, 7) is 5.51. The lowest BCUT2D eigenvalue weighted by atomic mass is 9.98. The molecule has 1 aromatic rings. The van der Waals surface area contributed by atoms with Crippen molar-refractivity contribution in [3.8, 4) is 0 Å². The van der Waals surface area contributed by atoms with Crippen LogP contribution in [0.5, 0.6) is 0 Å². The van der Waals surface area contributed by atoms with Gasteiger partial charge >= 0.3 is 0 Å². The van der Waals surface area contributed by atoms with Crippen LogP contribution in [0.4, 0.5) is 0 Å². The highest BCUT2D eigenvalue weighted by molar-refractivity contribution is 6.21. The Kier molecular flexibility index (Phi) is 3.77. The minimum Gasteiger partial charge on any atom is -0.456 e. The van der Waals surface area contributed by atoms with Crippen LogP contribution in [0.25, 0.3) is 0 Å². The summed E-state index contributed by atoms with van der Waals surface area (Å²) in [6.07, 6.45) is 1.77. The molecule has 94 valence electrons. The van der Waals surface area contributed by atoms with Crippen molar-refractivity contribution in [2.75, 3.05) is 13.1 Å². The Bertz CT molecular complexity index is 402. The molecule has 2 rings (SSSR count). The van der Waals surface area contributed by atoms with Crippen LogP contribution in [-0.2, 0) is 6.42 Å². The average Bonchev–Trinajstić information content (AvgIpc) is 2.80. The number of carbonyl (C=O) groups is 1. The quantitative estimate of drug-likeness (QED) is 0.762. The number of rotatable bonds is 2. The minimum absolute atomic E-state index is 0.0396. The third kappa shape index (κ3) is 2.65. The van der Waals surface area contributed by atoms with Gasteiger partial charge in [0.25, 0.3) is 5.91 Å². The zero-order valence-corrected chi connectivity index (χ0v) is 11.0. The van der Waals surface area contributed by atoms with Crippen molar-refractivity contribution in [3.63, 3.8) is 0 Å². The van der Waals surface area contributed by atoms with E-state index in [1.807, 2.05) is 13.0 Å². The smallest absolute Gasteiger partial charge is 0.289 e. The third-order valence-electron chi connectivity index (χ3n) is 3.37. The van der Waals surface area contributed by atoms with Gasteiger partial charge in [-0.2, -0.15) is 0 Å². The van der Waals surface area contributed by atoms with Gasteiger partial charge in [-0.05, 0) is 24.5 Å². The van der Waals surface area contributed by atoms with E-state index >= 15 is 0 Å². The highest BCUT2D eigenvalue weighted by Crippen LogP contribution is 2.23. The fourth-order valence-electron chi connectivity index (χ4n) is 2.05. The summed E-state index contributed by atoms with van der Waals surface area (Å²) in [6, 6.07) is 3.61. The van der Waals surface area contributed by atoms with E-state index in [-0.39, 0.29) is 11.3 Å². The summed E-state index contributed by atoms with van der Waals surface area (Å²) in [4.78, 5) is 13.9. The number of nitrogens with zero attached hydrogens (tertiary/aromatic N) is 1. The molecule has 2 unspecified atom stereocenters. The topological polar surface area (TPSA) is 33.5 Å². The van der Waals surface area contributed by atoms with Gasteiger partial charge in [-0.25, -0.2) is 0 Å². The van der Waals surface area contributed by atoms with Crippen molar-refractivity contribution < 1.29 is 9.21 Å². The van der Waals surface area contributed by atoms with Crippen molar-refractivity contribution in [1.29, 1.82) is 0 Å². The van der Waals surface area contributed by atoms with Gasteiger partial charge < -0.3 is 9.32 Å². The lowest BCUT2D eigenvalue weighted by Gasteiger charge is -2.33. The molecule has 1 amide bonds. The fraction of sp³-hybridized carbons (Fsp3) is 0.615. The SMILES string of the molecule is CCc1ccc(C(=O)N2CCC(C)C(Cl)C2)o1. The number of amides is 1. The minimum atomic E-state index is -0.0396. The molecule has 4 heteroatoms. The first-order valence-corrected chi connectivity index (χ1v) is 6.57. The highest BCUT2D eigenvalue weighted by atomic mass is 35.5. The number of halogens is 1. The molecule has 3 nitrogen and oxygen atoms in total. The molecule has 1 saturated heterocycles. The van der Waals surface area contributed by atoms with Gasteiger partial charge in [0.15, 0.2) is 5.76 Å². The van der Waals surface area contributed by atoms with E-state index in [0.29, 0.717) is 18.2 Å². The van der Waals surface area contributed by atoms with Crippen LogP contribution in [0.15, 0.2) is 16.5 Å². The number of carbonyl (C=O) groups excluding carboxylic acids is 1. The van der Waals surface area contributed by atoms with Crippen molar-refractivity contribution in [3.05, 3.63) is 23.7 Å². The fourth-order valence-corrected chi connectivity index (χ4v) is 2.34. The number of likely N-dealkylation sites (tertiary alicyclic amines) is 1. The van der Waals surface area contributed by atoms with Crippen LogP contribution < -0.4 is 0 Å². The number of hydrogen-bond acceptors (Lipinski definition) is 2. The van der Waals surface area contributed by atoms with E-state index in [4.69, 9.17) is 16.0 Å². The molecule has 2 heterocycles. The van der Waals surface area contributed by atoms with E-state index < -0.39 is 0 Å². The molecule has 0 spiro atoms. The molecule has 1 aromatic heterocycles. The normalized spacial score (nSPS) is 25.0. The summed E-state index contributed by atoms with van der Waals surface area (Å²) >= 11 is 6.20. The van der Waals surface area contributed by atoms with E-state index in [9.17, 15) is 4.79 Å². The lowest BCUT2D eigenvalue weighted by molar-refractivity contribution is 0.0667. The van der Waals surface area contributed by atoms with Gasteiger partial charge in [0, 0.05) is 19.5 Å². The monoisotopic (exact) mass is 255 g/mol. The van der Waals surface area contributed by atoms with Gasteiger partial charge in [-0.3, -0.25) is 4.79 Å². The first kappa shape index (κ1) is 12.5. The second kappa shape index (κ2) is 5.13. The van der Waals surface area contributed by atoms with Gasteiger partial charge in [-0.15, -0.1) is 11.6 Å². The van der Waals surface area contributed by atoms with Crippen LogP contribution in [-0.4, -0.2) is 29.3 Å². The van der Waals surface area contributed by atoms with Crippen LogP contribution in [0.1, 0.15) is 36.6 Å². The van der Waals surface area contributed by atoms with Gasteiger partial charge in [0.1, 0.15) is 5.76 Å². The Morgan fingerprint density at radius 3 is 2.94 bits per heavy atom. The molecule has 0 saturated carbocycles. The Balaban J connectivity index is 2.05. The summed E-state index contributed by atoms with van der Waals surface area (Å²) in [7, 11) is 0. The lowest BCUT2D eigenvalue weighted by Crippen LogP contribution is -2.43. The first-order chi connectivity index (χ1) is 8.11. The maximum absolute atomic E-state index is 12.2. The van der Waals surface area contributed by atoms with Gasteiger partial charge in [0.05, 0.1) is 5.38 Å². The maximum Gasteiger partial charge on any atom is 0.289 e. The molecule has 1 aliphatic heterocycles. The zero-order valence-electron chi connectivity index (χ0n) is 10.3. The molecule has 2 atom stereocenters. The number of aryl methyl sites for hydroxylation is 1. The van der Waals surface area contributed by atoms with Crippen LogP contribution >= 0.6 is 11.6 Å². The summed E-state index contributed by atoms with van der Waals surface area (Å²) in [5.74, 6) is 1.71. The number of alkyl halides is 1. The zero-order chi connectivity index (χ0) is 12.4. The molecule has 1 aliphatic rings. The number of furan rings is 1. The number of hydrogen-bond donors (Lipinski definition) is 0. The molecule has 0 bridgehead atoms. The predicted molar refractivity (Wildman–Crippen MR) is 67.4 cm³/mol. The van der Waals surface area contributed by atoms with E-state index in [0.717, 1.165) is 25.1 Å². The van der Waals surface area contributed by atoms with Crippen LogP contribution in [0.3, 0.4) is 0 Å². The van der Waals surface area contributed by atoms with Crippen molar-refractivity contribution in [1.82, 2.24) is 4.90 Å². The molecule has 0 N–H and O–H groups in total. The van der Waals surface area contributed by atoms with E-state index in [1.165, 1.54) is 0 Å². The first-order valence-electron chi connectivity index (χ1n) is 6.14.